The Balaban J connectivity index is 1.35. The van der Waals surface area contributed by atoms with Crippen LogP contribution in [0.25, 0.3) is 12.2 Å². The van der Waals surface area contributed by atoms with E-state index < -0.39 is 11.9 Å². The molecule has 0 saturated heterocycles. The van der Waals surface area contributed by atoms with E-state index in [1.54, 1.807) is 36.4 Å². The summed E-state index contributed by atoms with van der Waals surface area (Å²) in [4.78, 5) is 26.3. The van der Waals surface area contributed by atoms with Crippen LogP contribution in [-0.4, -0.2) is 131 Å². The average Bonchev–Trinajstić information content (AvgIpc) is 3.31. The summed E-state index contributed by atoms with van der Waals surface area (Å²) in [5.41, 5.74) is 1.50. The second kappa shape index (κ2) is 32.6. The molecule has 0 unspecified atom stereocenters. The Hall–Kier alpha value is -5.00. The normalized spacial score (nSPS) is 13.9. The van der Waals surface area contributed by atoms with Crippen molar-refractivity contribution in [2.45, 2.75) is 39.5 Å². The fourth-order valence-corrected chi connectivity index (χ4v) is 5.45. The first-order chi connectivity index (χ1) is 31.1. The molecular formula is C48H64O15. The van der Waals surface area contributed by atoms with Crippen LogP contribution in [0.15, 0.2) is 72.8 Å². The fraction of sp³-hybridized carbons (Fsp3) is 0.500. The van der Waals surface area contributed by atoms with Gasteiger partial charge in [0, 0.05) is 25.4 Å². The number of rotatable bonds is 26. The molecule has 15 heteroatoms. The summed E-state index contributed by atoms with van der Waals surface area (Å²) < 4.78 is 74.0. The zero-order chi connectivity index (χ0) is 44.4. The summed E-state index contributed by atoms with van der Waals surface area (Å²) >= 11 is 0. The van der Waals surface area contributed by atoms with Gasteiger partial charge in [0.2, 0.25) is 11.5 Å². The van der Waals surface area contributed by atoms with Gasteiger partial charge < -0.3 is 61.6 Å². The van der Waals surface area contributed by atoms with Crippen LogP contribution < -0.4 is 28.4 Å². The first kappa shape index (κ1) is 50.6. The van der Waals surface area contributed by atoms with Gasteiger partial charge in [-0.1, -0.05) is 51.0 Å². The predicted molar refractivity (Wildman–Crippen MR) is 236 cm³/mol. The minimum absolute atomic E-state index is 0.0485. The molecule has 0 N–H and O–H groups in total. The molecule has 0 atom stereocenters. The second-order valence-corrected chi connectivity index (χ2v) is 13.8. The molecule has 3 aromatic rings. The Labute approximate surface area is 371 Å². The van der Waals surface area contributed by atoms with Crippen LogP contribution in [0.1, 0.15) is 50.7 Å². The molecule has 0 aliphatic carbocycles. The minimum Gasteiger partial charge on any atom is -0.491 e. The second-order valence-electron chi connectivity index (χ2n) is 13.8. The fourth-order valence-electron chi connectivity index (χ4n) is 5.45. The van der Waals surface area contributed by atoms with Crippen LogP contribution in [0, 0.1) is 0 Å². The topological polar surface area (TPSA) is 154 Å². The summed E-state index contributed by atoms with van der Waals surface area (Å²) in [5.74, 6) is 0.190. The molecule has 1 heterocycles. The van der Waals surface area contributed by atoms with E-state index in [0.29, 0.717) is 90.8 Å². The molecule has 63 heavy (non-hydrogen) atoms. The lowest BCUT2D eigenvalue weighted by atomic mass is 10.2. The number of hydrogen-bond donors (Lipinski definition) is 0. The summed E-state index contributed by atoms with van der Waals surface area (Å²) in [7, 11) is 0. The number of benzene rings is 3. The van der Waals surface area contributed by atoms with E-state index in [9.17, 15) is 9.59 Å². The molecule has 346 valence electrons. The average molecular weight is 881 g/mol. The number of fused-ring (bicyclic) bond motifs is 1. The van der Waals surface area contributed by atoms with Crippen LogP contribution in [-0.2, 0) is 42.7 Å². The van der Waals surface area contributed by atoms with Crippen molar-refractivity contribution >= 4 is 24.1 Å². The molecule has 15 nitrogen and oxygen atoms in total. The van der Waals surface area contributed by atoms with E-state index in [1.807, 2.05) is 24.3 Å². The summed E-state index contributed by atoms with van der Waals surface area (Å²) in [6.45, 7) is 11.6. The van der Waals surface area contributed by atoms with Crippen LogP contribution in [0.5, 0.6) is 34.5 Å². The maximum absolute atomic E-state index is 13.1. The molecule has 0 spiro atoms. The highest BCUT2D eigenvalue weighted by molar-refractivity contribution is 5.90. The van der Waals surface area contributed by atoms with Crippen LogP contribution >= 0.6 is 0 Å². The van der Waals surface area contributed by atoms with Crippen molar-refractivity contribution in [2.75, 3.05) is 119 Å². The molecule has 0 saturated carbocycles. The van der Waals surface area contributed by atoms with Crippen LogP contribution in [0.4, 0.5) is 0 Å². The lowest BCUT2D eigenvalue weighted by Crippen LogP contribution is -2.14. The molecule has 4 rings (SSSR count). The molecular weight excluding hydrogens is 817 g/mol. The maximum Gasteiger partial charge on any atom is 0.336 e. The van der Waals surface area contributed by atoms with Crippen molar-refractivity contribution in [3.8, 4) is 34.5 Å². The first-order valence-corrected chi connectivity index (χ1v) is 21.8. The van der Waals surface area contributed by atoms with Crippen molar-refractivity contribution < 1.29 is 71.2 Å². The highest BCUT2D eigenvalue weighted by Crippen LogP contribution is 2.45. The summed E-state index contributed by atoms with van der Waals surface area (Å²) in [6.07, 6.45) is 10.1. The van der Waals surface area contributed by atoms with Crippen molar-refractivity contribution in [3.63, 3.8) is 0 Å². The smallest absolute Gasteiger partial charge is 0.336 e. The quantitative estimate of drug-likeness (QED) is 0.0346. The van der Waals surface area contributed by atoms with Gasteiger partial charge in [0.1, 0.15) is 37.9 Å². The van der Waals surface area contributed by atoms with Crippen LogP contribution in [0.2, 0.25) is 0 Å². The van der Waals surface area contributed by atoms with Gasteiger partial charge >= 0.3 is 11.9 Å². The number of ether oxygens (including phenoxy) is 13. The zero-order valence-corrected chi connectivity index (χ0v) is 36.8. The Morgan fingerprint density at radius 2 is 0.810 bits per heavy atom. The Bertz CT molecular complexity index is 1620. The van der Waals surface area contributed by atoms with Gasteiger partial charge in [0.05, 0.1) is 79.3 Å². The van der Waals surface area contributed by atoms with Gasteiger partial charge in [-0.3, -0.25) is 0 Å². The van der Waals surface area contributed by atoms with Gasteiger partial charge in [0.15, 0.2) is 11.5 Å². The lowest BCUT2D eigenvalue weighted by molar-refractivity contribution is -0.130. The Kier molecular flexibility index (Phi) is 26.2. The number of hydrogen-bond acceptors (Lipinski definition) is 15. The number of carbonyl (C=O) groups excluding carboxylic acids is 2. The monoisotopic (exact) mass is 880 g/mol. The molecule has 0 fully saturated rings. The number of esters is 2. The van der Waals surface area contributed by atoms with Gasteiger partial charge in [-0.25, -0.2) is 9.59 Å². The highest BCUT2D eigenvalue weighted by atomic mass is 16.6. The predicted octanol–water partition coefficient (Wildman–Crippen LogP) is 7.17. The van der Waals surface area contributed by atoms with Gasteiger partial charge in [-0.2, -0.15) is 0 Å². The standard InChI is InChI=1S/C48H64O15/c1-3-5-21-51-23-25-54-31-35-58-41-13-7-39(8-14-41)11-19-45(49)62-43-17-18-44(48-47(43)60-37-33-56-29-27-53-28-30-57-34-38-61-48)63-46(50)20-12-40-9-15-42(16-10-40)59-36-32-55-26-24-52-22-6-4-2/h7-20H,3-6,21-38H2,1-2H3/b19-11+,20-12+. The maximum atomic E-state index is 13.1. The molecule has 0 aromatic heterocycles. The third-order valence-corrected chi connectivity index (χ3v) is 8.76. The van der Waals surface area contributed by atoms with Gasteiger partial charge in [-0.15, -0.1) is 0 Å². The first-order valence-electron chi connectivity index (χ1n) is 21.8. The SMILES string of the molecule is CCCCOCCOCCOc1ccc(/C=C/C(=O)Oc2ccc(OC(=O)/C=C/c3ccc(OCCOCCOCCCC)cc3)c3c2OCCOCCOCCOCCO3)cc1. The van der Waals surface area contributed by atoms with E-state index >= 15 is 0 Å². The van der Waals surface area contributed by atoms with E-state index in [0.717, 1.165) is 50.0 Å². The van der Waals surface area contributed by atoms with Crippen molar-refractivity contribution in [1.82, 2.24) is 0 Å². The van der Waals surface area contributed by atoms with E-state index in [1.165, 1.54) is 24.3 Å². The molecule has 0 bridgehead atoms. The Morgan fingerprint density at radius 3 is 1.19 bits per heavy atom. The zero-order valence-electron chi connectivity index (χ0n) is 36.8. The van der Waals surface area contributed by atoms with E-state index in [2.05, 4.69) is 13.8 Å². The van der Waals surface area contributed by atoms with Crippen molar-refractivity contribution in [2.24, 2.45) is 0 Å². The number of carbonyl (C=O) groups is 2. The van der Waals surface area contributed by atoms with Crippen molar-refractivity contribution in [3.05, 3.63) is 83.9 Å². The third kappa shape index (κ3) is 22.3. The van der Waals surface area contributed by atoms with E-state index in [-0.39, 0.29) is 49.4 Å². The number of unbranched alkanes of at least 4 members (excludes halogenated alkanes) is 2. The largest absolute Gasteiger partial charge is 0.491 e. The highest BCUT2D eigenvalue weighted by Gasteiger charge is 2.22. The van der Waals surface area contributed by atoms with Gasteiger partial charge in [-0.05, 0) is 72.5 Å². The minimum atomic E-state index is -0.676. The summed E-state index contributed by atoms with van der Waals surface area (Å²) in [6, 6.07) is 17.4. The Morgan fingerprint density at radius 1 is 0.460 bits per heavy atom. The van der Waals surface area contributed by atoms with Gasteiger partial charge in [0.25, 0.3) is 0 Å². The summed E-state index contributed by atoms with van der Waals surface area (Å²) in [5, 5.41) is 0. The van der Waals surface area contributed by atoms with Crippen molar-refractivity contribution in [1.29, 1.82) is 0 Å². The molecule has 3 aromatic carbocycles. The third-order valence-electron chi connectivity index (χ3n) is 8.76. The lowest BCUT2D eigenvalue weighted by Gasteiger charge is -2.18. The molecule has 0 radical (unpaired) electrons. The van der Waals surface area contributed by atoms with E-state index in [4.69, 9.17) is 61.6 Å². The molecule has 1 aliphatic rings. The van der Waals surface area contributed by atoms with Crippen LogP contribution in [0.3, 0.4) is 0 Å². The molecule has 0 amide bonds. The molecule has 1 aliphatic heterocycles.